The third-order valence-electron chi connectivity index (χ3n) is 2.93. The number of nitrogens with zero attached hydrogens (tertiary/aromatic N) is 2. The molecule has 96 valence electrons. The smallest absolute Gasteiger partial charge is 0.124 e. The van der Waals surface area contributed by atoms with Crippen LogP contribution in [0.2, 0.25) is 0 Å². The maximum absolute atomic E-state index is 4.65. The van der Waals surface area contributed by atoms with E-state index in [1.807, 2.05) is 30.5 Å². The molecule has 2 aromatic rings. The van der Waals surface area contributed by atoms with E-state index in [-0.39, 0.29) is 4.71 Å². The van der Waals surface area contributed by atoms with Gasteiger partial charge in [-0.2, -0.15) is 0 Å². The first-order chi connectivity index (χ1) is 9.33. The summed E-state index contributed by atoms with van der Waals surface area (Å²) in [5.74, 6) is 0. The SMILES string of the molecule is SC1SC(=Cc2ccccn2)CN1c1ccccc1. The van der Waals surface area contributed by atoms with E-state index in [2.05, 4.69) is 52.9 Å². The summed E-state index contributed by atoms with van der Waals surface area (Å²) in [5.41, 5.74) is 2.21. The average molecular weight is 286 g/mol. The molecule has 1 aromatic heterocycles. The van der Waals surface area contributed by atoms with Gasteiger partial charge in [-0.15, -0.1) is 12.6 Å². The van der Waals surface area contributed by atoms with E-state index in [9.17, 15) is 0 Å². The second-order valence-electron chi connectivity index (χ2n) is 4.27. The summed E-state index contributed by atoms with van der Waals surface area (Å²) in [6.45, 7) is 0.888. The first kappa shape index (κ1) is 12.6. The molecule has 0 N–H and O–H groups in total. The van der Waals surface area contributed by atoms with Gasteiger partial charge in [0.05, 0.1) is 12.2 Å². The molecule has 0 saturated carbocycles. The Bertz CT molecular complexity index is 569. The van der Waals surface area contributed by atoms with Crippen LogP contribution < -0.4 is 4.90 Å². The van der Waals surface area contributed by atoms with E-state index in [1.165, 1.54) is 10.6 Å². The van der Waals surface area contributed by atoms with Crippen LogP contribution in [-0.2, 0) is 0 Å². The molecule has 4 heteroatoms. The van der Waals surface area contributed by atoms with E-state index in [4.69, 9.17) is 0 Å². The van der Waals surface area contributed by atoms with Crippen molar-refractivity contribution in [2.24, 2.45) is 0 Å². The Labute approximate surface area is 123 Å². The molecule has 1 atom stereocenters. The Morgan fingerprint density at radius 3 is 2.68 bits per heavy atom. The van der Waals surface area contributed by atoms with Gasteiger partial charge in [0, 0.05) is 16.8 Å². The highest BCUT2D eigenvalue weighted by Crippen LogP contribution is 2.39. The van der Waals surface area contributed by atoms with Gasteiger partial charge in [-0.3, -0.25) is 4.98 Å². The molecular formula is C15H14N2S2. The summed E-state index contributed by atoms with van der Waals surface area (Å²) in [4.78, 5) is 7.91. The van der Waals surface area contributed by atoms with Crippen LogP contribution in [0.5, 0.6) is 0 Å². The van der Waals surface area contributed by atoms with Crippen LogP contribution in [0.4, 0.5) is 5.69 Å². The van der Waals surface area contributed by atoms with Crippen LogP contribution in [0.25, 0.3) is 6.08 Å². The molecule has 0 bridgehead atoms. The first-order valence-electron chi connectivity index (χ1n) is 6.11. The summed E-state index contributed by atoms with van der Waals surface area (Å²) < 4.78 is 0.164. The van der Waals surface area contributed by atoms with Crippen LogP contribution in [0, 0.1) is 0 Å². The molecule has 1 aromatic carbocycles. The molecule has 1 aliphatic rings. The van der Waals surface area contributed by atoms with Crippen LogP contribution in [0.3, 0.4) is 0 Å². The number of para-hydroxylation sites is 1. The van der Waals surface area contributed by atoms with Crippen molar-refractivity contribution in [2.75, 3.05) is 11.4 Å². The van der Waals surface area contributed by atoms with Crippen LogP contribution in [0.1, 0.15) is 5.69 Å². The number of aromatic nitrogens is 1. The van der Waals surface area contributed by atoms with Gasteiger partial charge in [0.25, 0.3) is 0 Å². The highest BCUT2D eigenvalue weighted by Gasteiger charge is 2.25. The van der Waals surface area contributed by atoms with E-state index in [0.717, 1.165) is 12.2 Å². The van der Waals surface area contributed by atoms with Gasteiger partial charge in [-0.1, -0.05) is 36.0 Å². The Balaban J connectivity index is 1.81. The lowest BCUT2D eigenvalue weighted by atomic mass is 10.3. The molecule has 0 radical (unpaired) electrons. The summed E-state index contributed by atoms with van der Waals surface area (Å²) in [5, 5.41) is 0. The monoisotopic (exact) mass is 286 g/mol. The number of anilines is 1. The van der Waals surface area contributed by atoms with Gasteiger partial charge in [-0.05, 0) is 30.3 Å². The van der Waals surface area contributed by atoms with Crippen LogP contribution in [0.15, 0.2) is 59.6 Å². The van der Waals surface area contributed by atoms with Crippen molar-refractivity contribution in [3.8, 4) is 0 Å². The number of thioether (sulfide) groups is 1. The minimum absolute atomic E-state index is 0.164. The molecule has 3 rings (SSSR count). The molecule has 2 heterocycles. The van der Waals surface area contributed by atoms with E-state index in [1.54, 1.807) is 11.8 Å². The Morgan fingerprint density at radius 2 is 1.95 bits per heavy atom. The largest absolute Gasteiger partial charge is 0.346 e. The molecule has 1 saturated heterocycles. The van der Waals surface area contributed by atoms with Gasteiger partial charge in [-0.25, -0.2) is 0 Å². The molecule has 1 fully saturated rings. The predicted molar refractivity (Wildman–Crippen MR) is 86.4 cm³/mol. The fourth-order valence-corrected chi connectivity index (χ4v) is 3.64. The minimum atomic E-state index is 0.164. The number of benzene rings is 1. The maximum atomic E-state index is 4.65. The molecule has 2 nitrogen and oxygen atoms in total. The van der Waals surface area contributed by atoms with Crippen LogP contribution in [-0.4, -0.2) is 16.2 Å². The van der Waals surface area contributed by atoms with Crippen molar-refractivity contribution in [2.45, 2.75) is 4.71 Å². The minimum Gasteiger partial charge on any atom is -0.346 e. The zero-order chi connectivity index (χ0) is 13.1. The topological polar surface area (TPSA) is 16.1 Å². The summed E-state index contributed by atoms with van der Waals surface area (Å²) in [7, 11) is 0. The molecule has 19 heavy (non-hydrogen) atoms. The van der Waals surface area contributed by atoms with Gasteiger partial charge < -0.3 is 4.90 Å². The summed E-state index contributed by atoms with van der Waals surface area (Å²) in [6.07, 6.45) is 3.95. The standard InChI is InChI=1S/C15H14N2S2/c18-15-17(13-7-2-1-3-8-13)11-14(19-15)10-12-6-4-5-9-16-12/h1-10,15,18H,11H2. The Morgan fingerprint density at radius 1 is 1.16 bits per heavy atom. The van der Waals surface area contributed by atoms with Gasteiger partial charge in [0.1, 0.15) is 4.71 Å². The molecular weight excluding hydrogens is 272 g/mol. The molecule has 0 spiro atoms. The number of thiol groups is 1. The van der Waals surface area contributed by atoms with Crippen molar-refractivity contribution in [3.63, 3.8) is 0 Å². The second kappa shape index (κ2) is 5.72. The fourth-order valence-electron chi connectivity index (χ4n) is 2.03. The maximum Gasteiger partial charge on any atom is 0.124 e. The quantitative estimate of drug-likeness (QED) is 0.844. The van der Waals surface area contributed by atoms with Crippen molar-refractivity contribution in [1.82, 2.24) is 4.98 Å². The van der Waals surface area contributed by atoms with Crippen molar-refractivity contribution in [1.29, 1.82) is 0 Å². The van der Waals surface area contributed by atoms with Gasteiger partial charge >= 0.3 is 0 Å². The molecule has 0 aliphatic carbocycles. The lowest BCUT2D eigenvalue weighted by Crippen LogP contribution is -2.23. The second-order valence-corrected chi connectivity index (χ2v) is 6.32. The molecule has 0 amide bonds. The first-order valence-corrected chi connectivity index (χ1v) is 7.50. The Kier molecular flexibility index (Phi) is 3.80. The number of pyridine rings is 1. The molecule has 1 aliphatic heterocycles. The zero-order valence-electron chi connectivity index (χ0n) is 10.3. The Hall–Kier alpha value is -1.39. The van der Waals surface area contributed by atoms with E-state index in [0.29, 0.717) is 0 Å². The van der Waals surface area contributed by atoms with Crippen LogP contribution >= 0.6 is 24.4 Å². The molecule has 1 unspecified atom stereocenters. The van der Waals surface area contributed by atoms with E-state index < -0.39 is 0 Å². The fraction of sp³-hybridized carbons (Fsp3) is 0.133. The van der Waals surface area contributed by atoms with E-state index >= 15 is 0 Å². The zero-order valence-corrected chi connectivity index (χ0v) is 12.0. The third kappa shape index (κ3) is 2.96. The van der Waals surface area contributed by atoms with Crippen molar-refractivity contribution < 1.29 is 0 Å². The summed E-state index contributed by atoms with van der Waals surface area (Å²) in [6, 6.07) is 16.3. The summed E-state index contributed by atoms with van der Waals surface area (Å²) >= 11 is 6.43. The lowest BCUT2D eigenvalue weighted by molar-refractivity contribution is 0.998. The number of hydrogen-bond donors (Lipinski definition) is 1. The highest BCUT2D eigenvalue weighted by molar-refractivity contribution is 8.13. The average Bonchev–Trinajstić information content (AvgIpc) is 2.82. The van der Waals surface area contributed by atoms with Gasteiger partial charge in [0.15, 0.2) is 0 Å². The lowest BCUT2D eigenvalue weighted by Gasteiger charge is -2.21. The predicted octanol–water partition coefficient (Wildman–Crippen LogP) is 3.89. The third-order valence-corrected chi connectivity index (χ3v) is 4.54. The highest BCUT2D eigenvalue weighted by atomic mass is 32.2. The number of rotatable bonds is 2. The van der Waals surface area contributed by atoms with Crippen molar-refractivity contribution in [3.05, 3.63) is 65.3 Å². The van der Waals surface area contributed by atoms with Crippen molar-refractivity contribution >= 4 is 36.2 Å². The number of hydrogen-bond acceptors (Lipinski definition) is 4. The van der Waals surface area contributed by atoms with Gasteiger partial charge in [0.2, 0.25) is 0 Å². The normalized spacial score (nSPS) is 21.0.